The zero-order chi connectivity index (χ0) is 24.5. The van der Waals surface area contributed by atoms with E-state index in [-0.39, 0.29) is 11.5 Å². The number of ether oxygens (including phenoxy) is 1. The summed E-state index contributed by atoms with van der Waals surface area (Å²) >= 11 is 0. The summed E-state index contributed by atoms with van der Waals surface area (Å²) < 4.78 is 51.6. The predicted octanol–water partition coefficient (Wildman–Crippen LogP) is -0.602. The highest BCUT2D eigenvalue weighted by Crippen LogP contribution is 2.66. The lowest BCUT2D eigenvalue weighted by Gasteiger charge is -2.35. The van der Waals surface area contributed by atoms with Crippen LogP contribution in [-0.2, 0) is 37.3 Å². The van der Waals surface area contributed by atoms with E-state index in [1.165, 1.54) is 12.3 Å². The Hall–Kier alpha value is -1.29. The third-order valence-electron chi connectivity index (χ3n) is 4.03. The summed E-state index contributed by atoms with van der Waals surface area (Å²) in [6.07, 6.45) is -0.925. The molecular formula is C12H21N4O13P3. The van der Waals surface area contributed by atoms with E-state index in [2.05, 4.69) is 23.1 Å². The van der Waals surface area contributed by atoms with Gasteiger partial charge in [0.25, 0.3) is 0 Å². The van der Waals surface area contributed by atoms with Crippen molar-refractivity contribution in [1.82, 2.24) is 14.5 Å². The zero-order valence-electron chi connectivity index (χ0n) is 16.4. The molecule has 0 saturated carbocycles. The molecular weight excluding hydrogens is 501 g/mol. The highest BCUT2D eigenvalue weighted by Gasteiger charge is 2.43. The second kappa shape index (κ2) is 9.52. The summed E-state index contributed by atoms with van der Waals surface area (Å²) in [4.78, 5) is 43.5. The van der Waals surface area contributed by atoms with Gasteiger partial charge >= 0.3 is 23.5 Å². The molecule has 0 aliphatic heterocycles. The summed E-state index contributed by atoms with van der Waals surface area (Å²) in [5.74, 6) is 0.106. The molecule has 0 fully saturated rings. The number of hydrogen-bond acceptors (Lipinski definition) is 12. The van der Waals surface area contributed by atoms with Crippen molar-refractivity contribution in [2.45, 2.75) is 24.9 Å². The van der Waals surface area contributed by atoms with Gasteiger partial charge in [-0.3, -0.25) is 4.52 Å². The number of nitrogen functional groups attached to an aromatic ring is 1. The Kier molecular flexibility index (Phi) is 8.02. The number of aromatic nitrogens is 3. The zero-order valence-corrected chi connectivity index (χ0v) is 19.1. The van der Waals surface area contributed by atoms with Gasteiger partial charge in [0.15, 0.2) is 5.72 Å². The number of rotatable bonds is 11. The lowest BCUT2D eigenvalue weighted by Crippen LogP contribution is -2.50. The first kappa shape index (κ1) is 27.0. The van der Waals surface area contributed by atoms with Crippen LogP contribution in [0, 0.1) is 0 Å². The van der Waals surface area contributed by atoms with Crippen LogP contribution in [0.5, 0.6) is 0 Å². The van der Waals surface area contributed by atoms with Crippen molar-refractivity contribution in [3.8, 4) is 0 Å². The quantitative estimate of drug-likeness (QED) is 0.182. The van der Waals surface area contributed by atoms with Gasteiger partial charge in [-0.1, -0.05) is 0 Å². The maximum absolute atomic E-state index is 11.9. The number of anilines is 1. The molecule has 0 aromatic carbocycles. The van der Waals surface area contributed by atoms with Crippen LogP contribution in [0.3, 0.4) is 0 Å². The molecule has 3 unspecified atom stereocenters. The summed E-state index contributed by atoms with van der Waals surface area (Å²) in [5, 5.41) is 21.9. The third-order valence-corrected chi connectivity index (χ3v) is 7.84. The van der Waals surface area contributed by atoms with Crippen molar-refractivity contribution in [1.29, 1.82) is 0 Å². The molecule has 20 heteroatoms. The highest BCUT2D eigenvalue weighted by molar-refractivity contribution is 7.66. The number of aliphatic hydroxyl groups excluding tert-OH is 1. The van der Waals surface area contributed by atoms with Crippen molar-refractivity contribution in [2.75, 3.05) is 19.5 Å². The first-order valence-electron chi connectivity index (χ1n) is 8.28. The molecule has 5 atom stereocenters. The third kappa shape index (κ3) is 6.62. The maximum atomic E-state index is 11.9. The monoisotopic (exact) mass is 522 g/mol. The van der Waals surface area contributed by atoms with Crippen LogP contribution in [0.1, 0.15) is 6.92 Å². The van der Waals surface area contributed by atoms with Gasteiger partial charge in [0, 0.05) is 13.3 Å². The molecule has 0 bridgehead atoms. The Morgan fingerprint density at radius 1 is 1.16 bits per heavy atom. The Labute approximate surface area is 179 Å². The molecule has 2 aromatic heterocycles. The van der Waals surface area contributed by atoms with Crippen molar-refractivity contribution in [2.24, 2.45) is 0 Å². The van der Waals surface area contributed by atoms with Gasteiger partial charge in [-0.25, -0.2) is 23.7 Å². The largest absolute Gasteiger partial charge is 0.490 e. The van der Waals surface area contributed by atoms with Gasteiger partial charge in [0.1, 0.15) is 30.0 Å². The molecule has 0 amide bonds. The van der Waals surface area contributed by atoms with E-state index in [1.807, 2.05) is 0 Å². The van der Waals surface area contributed by atoms with E-state index in [0.29, 0.717) is 5.39 Å². The average Bonchev–Trinajstić information content (AvgIpc) is 3.05. The molecule has 0 aliphatic carbocycles. The number of nitrogens with zero attached hydrogens (tertiary/aromatic N) is 3. The molecule has 0 spiro atoms. The fourth-order valence-electron chi connectivity index (χ4n) is 2.59. The molecule has 8 N–H and O–H groups in total. The van der Waals surface area contributed by atoms with Crippen LogP contribution >= 0.6 is 23.5 Å². The van der Waals surface area contributed by atoms with E-state index in [4.69, 9.17) is 25.2 Å². The minimum Gasteiger partial charge on any atom is -0.385 e. The average molecular weight is 522 g/mol. The molecule has 32 heavy (non-hydrogen) atoms. The summed E-state index contributed by atoms with van der Waals surface area (Å²) in [6, 6.07) is 1.47. The molecule has 2 rings (SSSR count). The fraction of sp³-hybridized carbons (Fsp3) is 0.500. The standard InChI is InChI=1S/C12H21N4O13P3/c1-12(18,16-4-3-7-10(13)14-6-15-11(7)16)9(17)8(26-2)5-27-31(22,23)29-32(24,25)28-30(19,20)21/h3-4,6,8-9,17-18H,5H2,1-2H3,(H,22,23)(H,24,25)(H2,13,14,15)(H2,19,20,21)/t8-,9+,12?/m1/s1. The molecule has 2 aromatic rings. The Morgan fingerprint density at radius 3 is 2.34 bits per heavy atom. The van der Waals surface area contributed by atoms with E-state index < -0.39 is 48.0 Å². The van der Waals surface area contributed by atoms with Crippen molar-refractivity contribution in [3.63, 3.8) is 0 Å². The van der Waals surface area contributed by atoms with Gasteiger partial charge in [0.05, 0.1) is 12.0 Å². The number of nitrogens with two attached hydrogens (primary N) is 1. The lowest BCUT2D eigenvalue weighted by atomic mass is 10.0. The van der Waals surface area contributed by atoms with E-state index in [0.717, 1.165) is 24.9 Å². The number of methoxy groups -OCH3 is 1. The SMILES string of the molecule is CO[C@H](COP(=O)(O)OP(=O)(O)OP(=O)(O)O)[C@H](O)C(C)(O)n1ccc2c(N)ncnc21. The smallest absolute Gasteiger partial charge is 0.385 e. The predicted molar refractivity (Wildman–Crippen MR) is 104 cm³/mol. The summed E-state index contributed by atoms with van der Waals surface area (Å²) in [6.45, 7) is 0.167. The van der Waals surface area contributed by atoms with E-state index in [9.17, 15) is 28.8 Å². The van der Waals surface area contributed by atoms with Crippen LogP contribution in [-0.4, -0.2) is 70.2 Å². The molecule has 17 nitrogen and oxygen atoms in total. The number of phosphoric acid groups is 3. The molecule has 0 saturated heterocycles. The number of phosphoric ester groups is 1. The first-order valence-corrected chi connectivity index (χ1v) is 12.8. The normalized spacial score (nSPS) is 20.2. The van der Waals surface area contributed by atoms with Crippen LogP contribution in [0.4, 0.5) is 5.82 Å². The fourth-order valence-corrected chi connectivity index (χ4v) is 5.62. The van der Waals surface area contributed by atoms with E-state index >= 15 is 0 Å². The second-order valence-electron chi connectivity index (χ2n) is 6.38. The van der Waals surface area contributed by atoms with Gasteiger partial charge in [0.2, 0.25) is 0 Å². The minimum atomic E-state index is -5.72. The van der Waals surface area contributed by atoms with Gasteiger partial charge in [-0.15, -0.1) is 0 Å². The molecule has 2 heterocycles. The maximum Gasteiger partial charge on any atom is 0.490 e. The highest BCUT2D eigenvalue weighted by atomic mass is 31.3. The Morgan fingerprint density at radius 2 is 1.78 bits per heavy atom. The van der Waals surface area contributed by atoms with Crippen LogP contribution in [0.2, 0.25) is 0 Å². The first-order chi connectivity index (χ1) is 14.5. The summed E-state index contributed by atoms with van der Waals surface area (Å²) in [5.41, 5.74) is 3.72. The van der Waals surface area contributed by atoms with Gasteiger partial charge in [-0.05, 0) is 13.0 Å². The minimum absolute atomic E-state index is 0.106. The summed E-state index contributed by atoms with van der Waals surface area (Å²) in [7, 11) is -15.7. The number of fused-ring (bicyclic) bond motifs is 1. The van der Waals surface area contributed by atoms with Gasteiger partial charge < -0.3 is 44.8 Å². The number of hydrogen-bond donors (Lipinski definition) is 7. The van der Waals surface area contributed by atoms with Crippen molar-refractivity contribution in [3.05, 3.63) is 18.6 Å². The van der Waals surface area contributed by atoms with Crippen LogP contribution in [0.25, 0.3) is 11.0 Å². The molecule has 182 valence electrons. The topological polar surface area (TPSA) is 266 Å². The molecule has 0 radical (unpaired) electrons. The lowest BCUT2D eigenvalue weighted by molar-refractivity contribution is -0.173. The Balaban J connectivity index is 2.17. The molecule has 0 aliphatic rings. The second-order valence-corrected chi connectivity index (χ2v) is 10.8. The van der Waals surface area contributed by atoms with Crippen LogP contribution in [0.15, 0.2) is 18.6 Å². The van der Waals surface area contributed by atoms with Crippen molar-refractivity contribution < 1.29 is 61.4 Å². The van der Waals surface area contributed by atoms with Crippen LogP contribution < -0.4 is 5.73 Å². The number of aliphatic hydroxyl groups is 2. The Bertz CT molecular complexity index is 1100. The van der Waals surface area contributed by atoms with Gasteiger partial charge in [-0.2, -0.15) is 8.62 Å². The van der Waals surface area contributed by atoms with E-state index in [1.54, 1.807) is 0 Å². The van der Waals surface area contributed by atoms with Crippen molar-refractivity contribution >= 4 is 40.3 Å².